The van der Waals surface area contributed by atoms with E-state index in [0.29, 0.717) is 61.8 Å². The van der Waals surface area contributed by atoms with Gasteiger partial charge in [0.2, 0.25) is 0 Å². The fourth-order valence-corrected chi connectivity index (χ4v) is 6.33. The van der Waals surface area contributed by atoms with Crippen LogP contribution < -0.4 is 34.5 Å². The smallest absolute Gasteiger partial charge is 0.257 e. The average Bonchev–Trinajstić information content (AvgIpc) is 3.17. The number of aromatic nitrogens is 6. The third-order valence-electron chi connectivity index (χ3n) is 8.95. The van der Waals surface area contributed by atoms with E-state index in [2.05, 4.69) is 53.6 Å². The summed E-state index contributed by atoms with van der Waals surface area (Å²) < 4.78 is 23.2. The van der Waals surface area contributed by atoms with Crippen LogP contribution >= 0.6 is 0 Å². The SMILES string of the molecule is C[C@@H]1CCCCN1c1nccnc1OCCOc1cccc2ccc(N)nc12.C[C@@H]1CCCCN1c1nccnc1OCCOc1cccnc1. The van der Waals surface area contributed by atoms with Gasteiger partial charge in [-0.05, 0) is 82.7 Å². The van der Waals surface area contributed by atoms with Crippen LogP contribution in [-0.4, -0.2) is 81.5 Å². The number of hydrogen-bond donors (Lipinski definition) is 1. The number of fused-ring (bicyclic) bond motifs is 1. The molecule has 2 saturated heterocycles. The van der Waals surface area contributed by atoms with Gasteiger partial charge in [0.1, 0.15) is 49.3 Å². The summed E-state index contributed by atoms with van der Waals surface area (Å²) in [6.45, 7) is 8.04. The summed E-state index contributed by atoms with van der Waals surface area (Å²) in [6, 6.07) is 14.2. The minimum Gasteiger partial charge on any atom is -0.488 e. The lowest BCUT2D eigenvalue weighted by molar-refractivity contribution is 0.211. The molecule has 0 aliphatic carbocycles. The third kappa shape index (κ3) is 9.62. The molecule has 2 fully saturated rings. The van der Waals surface area contributed by atoms with Crippen molar-refractivity contribution in [1.29, 1.82) is 0 Å². The number of para-hydroxylation sites is 1. The van der Waals surface area contributed by atoms with Crippen LogP contribution in [0, 0.1) is 0 Å². The second-order valence-corrected chi connectivity index (χ2v) is 12.6. The molecular formula is C38H47N9O4. The zero-order valence-electron chi connectivity index (χ0n) is 29.4. The van der Waals surface area contributed by atoms with Gasteiger partial charge in [-0.25, -0.2) is 24.9 Å². The molecule has 1 aromatic carbocycles. The van der Waals surface area contributed by atoms with Crippen molar-refractivity contribution in [2.45, 2.75) is 64.5 Å². The van der Waals surface area contributed by atoms with E-state index in [-0.39, 0.29) is 0 Å². The van der Waals surface area contributed by atoms with Crippen molar-refractivity contribution < 1.29 is 18.9 Å². The van der Waals surface area contributed by atoms with E-state index in [1.165, 1.54) is 32.1 Å². The molecule has 2 N–H and O–H groups in total. The fraction of sp³-hybridized carbons (Fsp3) is 0.421. The van der Waals surface area contributed by atoms with Gasteiger partial charge in [0.25, 0.3) is 11.8 Å². The monoisotopic (exact) mass is 693 g/mol. The highest BCUT2D eigenvalue weighted by Crippen LogP contribution is 2.30. The van der Waals surface area contributed by atoms with Crippen molar-refractivity contribution in [3.63, 3.8) is 0 Å². The highest BCUT2D eigenvalue weighted by Gasteiger charge is 2.24. The molecule has 51 heavy (non-hydrogen) atoms. The molecule has 0 radical (unpaired) electrons. The first-order valence-corrected chi connectivity index (χ1v) is 17.8. The van der Waals surface area contributed by atoms with Crippen molar-refractivity contribution in [3.05, 3.63) is 79.6 Å². The standard InChI is InChI=1S/C21H25N5O2.C17H22N4O2/c1-15-5-2-3-12-26(15)20-21(24-11-10-23-20)28-14-13-27-17-7-4-6-16-8-9-18(22)25-19(16)17;1-14-5-2-3-10-21(14)16-17(20-9-8-19-16)23-12-11-22-15-6-4-7-18-13-15/h4,6-11,15H,2-3,5,12-14H2,1H3,(H2,22,25);4,6-9,13-14H,2-3,5,10-12H2,1H3/t15-;14-/m11/s1. The lowest BCUT2D eigenvalue weighted by atomic mass is 10.0. The molecule has 5 aromatic rings. The molecule has 268 valence electrons. The fourth-order valence-electron chi connectivity index (χ4n) is 6.33. The number of rotatable bonds is 12. The number of pyridine rings is 2. The first kappa shape index (κ1) is 35.4. The second-order valence-electron chi connectivity index (χ2n) is 12.6. The van der Waals surface area contributed by atoms with Gasteiger partial charge < -0.3 is 34.5 Å². The van der Waals surface area contributed by atoms with Crippen molar-refractivity contribution >= 4 is 28.4 Å². The Morgan fingerprint density at radius 1 is 0.647 bits per heavy atom. The first-order chi connectivity index (χ1) is 25.1. The maximum Gasteiger partial charge on any atom is 0.257 e. The van der Waals surface area contributed by atoms with Crippen LogP contribution in [0.2, 0.25) is 0 Å². The molecular weight excluding hydrogens is 646 g/mol. The highest BCUT2D eigenvalue weighted by molar-refractivity contribution is 5.85. The van der Waals surface area contributed by atoms with Gasteiger partial charge in [-0.15, -0.1) is 0 Å². The number of nitrogens with two attached hydrogens (primary N) is 1. The van der Waals surface area contributed by atoms with E-state index in [4.69, 9.17) is 24.7 Å². The van der Waals surface area contributed by atoms with Gasteiger partial charge in [-0.3, -0.25) is 4.98 Å². The molecule has 0 bridgehead atoms. The molecule has 0 amide bonds. The Morgan fingerprint density at radius 3 is 1.86 bits per heavy atom. The highest BCUT2D eigenvalue weighted by atomic mass is 16.5. The number of piperidine rings is 2. The third-order valence-corrected chi connectivity index (χ3v) is 8.95. The van der Waals surface area contributed by atoms with Crippen LogP contribution in [0.25, 0.3) is 10.9 Å². The zero-order valence-corrected chi connectivity index (χ0v) is 29.4. The van der Waals surface area contributed by atoms with E-state index in [1.807, 2.05) is 36.4 Å². The summed E-state index contributed by atoms with van der Waals surface area (Å²) in [5.41, 5.74) is 6.57. The van der Waals surface area contributed by atoms with Crippen molar-refractivity contribution in [3.8, 4) is 23.3 Å². The maximum absolute atomic E-state index is 5.91. The van der Waals surface area contributed by atoms with E-state index in [0.717, 1.165) is 47.8 Å². The summed E-state index contributed by atoms with van der Waals surface area (Å²) in [5, 5.41) is 0.989. The number of ether oxygens (including phenoxy) is 4. The molecule has 13 nitrogen and oxygen atoms in total. The summed E-state index contributed by atoms with van der Waals surface area (Å²) in [5.74, 6) is 4.68. The van der Waals surface area contributed by atoms with E-state index in [1.54, 1.807) is 43.2 Å². The summed E-state index contributed by atoms with van der Waals surface area (Å²) in [6.07, 6.45) is 17.4. The minimum absolute atomic E-state index is 0.368. The predicted octanol–water partition coefficient (Wildman–Crippen LogP) is 6.15. The molecule has 0 unspecified atom stereocenters. The number of nitrogen functional groups attached to an aromatic ring is 1. The van der Waals surface area contributed by atoms with Crippen LogP contribution in [0.4, 0.5) is 17.5 Å². The van der Waals surface area contributed by atoms with Gasteiger partial charge in [-0.1, -0.05) is 12.1 Å². The van der Waals surface area contributed by atoms with E-state index >= 15 is 0 Å². The topological polar surface area (TPSA) is 147 Å². The Bertz CT molecular complexity index is 1820. The van der Waals surface area contributed by atoms with E-state index < -0.39 is 0 Å². The first-order valence-electron chi connectivity index (χ1n) is 17.8. The lowest BCUT2D eigenvalue weighted by Gasteiger charge is -2.34. The maximum atomic E-state index is 5.91. The van der Waals surface area contributed by atoms with Crippen LogP contribution in [0.15, 0.2) is 79.6 Å². The van der Waals surface area contributed by atoms with Crippen molar-refractivity contribution in [1.82, 2.24) is 29.9 Å². The minimum atomic E-state index is 0.368. The van der Waals surface area contributed by atoms with Crippen LogP contribution in [0.1, 0.15) is 52.4 Å². The Kier molecular flexibility index (Phi) is 12.5. The van der Waals surface area contributed by atoms with Crippen molar-refractivity contribution in [2.75, 3.05) is 55.1 Å². The van der Waals surface area contributed by atoms with Crippen LogP contribution in [0.3, 0.4) is 0 Å². The molecule has 0 spiro atoms. The molecule has 2 aliphatic rings. The molecule has 13 heteroatoms. The molecule has 4 aromatic heterocycles. The predicted molar refractivity (Wildman–Crippen MR) is 198 cm³/mol. The summed E-state index contributed by atoms with van der Waals surface area (Å²) in [7, 11) is 0. The Balaban J connectivity index is 0.000000179. The number of hydrogen-bond acceptors (Lipinski definition) is 13. The zero-order chi connectivity index (χ0) is 35.3. The molecule has 2 atom stereocenters. The molecule has 2 aliphatic heterocycles. The van der Waals surface area contributed by atoms with Gasteiger partial charge >= 0.3 is 0 Å². The quantitative estimate of drug-likeness (QED) is 0.149. The Morgan fingerprint density at radius 2 is 1.25 bits per heavy atom. The normalized spacial score (nSPS) is 17.3. The molecule has 6 heterocycles. The summed E-state index contributed by atoms with van der Waals surface area (Å²) >= 11 is 0. The lowest BCUT2D eigenvalue weighted by Crippen LogP contribution is -2.38. The largest absolute Gasteiger partial charge is 0.488 e. The average molecular weight is 694 g/mol. The number of benzene rings is 1. The Hall–Kier alpha value is -5.46. The van der Waals surface area contributed by atoms with E-state index in [9.17, 15) is 0 Å². The van der Waals surface area contributed by atoms with Gasteiger partial charge in [0.05, 0.1) is 6.20 Å². The van der Waals surface area contributed by atoms with Crippen LogP contribution in [-0.2, 0) is 0 Å². The van der Waals surface area contributed by atoms with Gasteiger partial charge in [0, 0.05) is 61.5 Å². The van der Waals surface area contributed by atoms with Gasteiger partial charge in [-0.2, -0.15) is 0 Å². The number of anilines is 3. The van der Waals surface area contributed by atoms with Crippen LogP contribution in [0.5, 0.6) is 23.3 Å². The van der Waals surface area contributed by atoms with Crippen molar-refractivity contribution in [2.24, 2.45) is 0 Å². The molecule has 7 rings (SSSR count). The number of nitrogens with zero attached hydrogens (tertiary/aromatic N) is 8. The van der Waals surface area contributed by atoms with Gasteiger partial charge in [0.15, 0.2) is 11.6 Å². The second kappa shape index (κ2) is 18.0. The summed E-state index contributed by atoms with van der Waals surface area (Å²) in [4.78, 5) is 30.7. The Labute approximate surface area is 299 Å². The molecule has 0 saturated carbocycles.